The van der Waals surface area contributed by atoms with Crippen molar-refractivity contribution >= 4 is 40.3 Å². The summed E-state index contributed by atoms with van der Waals surface area (Å²) in [6, 6.07) is 4.71. The Hall–Kier alpha value is -4.37. The van der Waals surface area contributed by atoms with E-state index in [2.05, 4.69) is 15.0 Å². The van der Waals surface area contributed by atoms with E-state index in [4.69, 9.17) is 26.8 Å². The molecular formula is C29H24ClF5N6O4. The number of ether oxygens (including phenoxy) is 2. The van der Waals surface area contributed by atoms with Crippen LogP contribution >= 0.6 is 11.6 Å². The maximum Gasteiger partial charge on any atom is 0.482 e. The maximum absolute atomic E-state index is 14.9. The second-order valence-electron chi connectivity index (χ2n) is 10.8. The van der Waals surface area contributed by atoms with Crippen LogP contribution in [0.15, 0.2) is 42.9 Å². The molecule has 0 spiro atoms. The molecule has 1 aromatic carbocycles. The van der Waals surface area contributed by atoms with Gasteiger partial charge in [0.15, 0.2) is 17.4 Å². The van der Waals surface area contributed by atoms with Gasteiger partial charge in [0, 0.05) is 18.9 Å². The van der Waals surface area contributed by atoms with Crippen LogP contribution in [0.3, 0.4) is 0 Å². The van der Waals surface area contributed by atoms with E-state index in [-0.39, 0.29) is 63.8 Å². The lowest BCUT2D eigenvalue weighted by molar-refractivity contribution is -0.193. The molecule has 2 N–H and O–H groups in total. The van der Waals surface area contributed by atoms with E-state index in [9.17, 15) is 31.5 Å². The fourth-order valence-corrected chi connectivity index (χ4v) is 5.45. The Morgan fingerprint density at radius 3 is 2.60 bits per heavy atom. The average Bonchev–Trinajstić information content (AvgIpc) is 3.69. The third-order valence-electron chi connectivity index (χ3n) is 7.63. The number of amides is 2. The first kappa shape index (κ1) is 30.6. The summed E-state index contributed by atoms with van der Waals surface area (Å²) >= 11 is 5.87. The molecule has 2 aliphatic rings. The summed E-state index contributed by atoms with van der Waals surface area (Å²) in [5.41, 5.74) is 5.87. The minimum absolute atomic E-state index is 0.00206. The minimum Gasteiger partial charge on any atom is -0.423 e. The van der Waals surface area contributed by atoms with E-state index < -0.39 is 42.5 Å². The number of nitrogens with zero attached hydrogens (tertiary/aromatic N) is 5. The number of hydrogen-bond acceptors (Lipinski definition) is 7. The molecule has 1 aliphatic carbocycles. The number of hydrogen-bond donors (Lipinski definition) is 1. The van der Waals surface area contributed by atoms with Crippen LogP contribution in [0.25, 0.3) is 22.3 Å². The predicted molar refractivity (Wildman–Crippen MR) is 151 cm³/mol. The van der Waals surface area contributed by atoms with Gasteiger partial charge in [-0.15, -0.1) is 0 Å². The molecule has 3 aromatic heterocycles. The fourth-order valence-electron chi connectivity index (χ4n) is 5.34. The van der Waals surface area contributed by atoms with E-state index in [0.29, 0.717) is 5.02 Å². The van der Waals surface area contributed by atoms with Gasteiger partial charge in [-0.1, -0.05) is 17.7 Å². The number of halogens is 6. The number of methoxy groups -OCH3 is 1. The van der Waals surface area contributed by atoms with Crippen LogP contribution in [0.1, 0.15) is 40.6 Å². The van der Waals surface area contributed by atoms with Gasteiger partial charge in [-0.2, -0.15) is 22.0 Å². The van der Waals surface area contributed by atoms with Crippen LogP contribution < -0.4 is 15.4 Å². The fraction of sp³-hybridized carbons (Fsp3) is 0.345. The minimum atomic E-state index is -4.75. The molecule has 1 aliphatic heterocycles. The van der Waals surface area contributed by atoms with Crippen LogP contribution in [0.2, 0.25) is 5.02 Å². The number of carbonyl (C=O) groups is 2. The first-order valence-electron chi connectivity index (χ1n) is 13.7. The molecule has 0 unspecified atom stereocenters. The first-order valence-corrected chi connectivity index (χ1v) is 14.0. The lowest BCUT2D eigenvalue weighted by atomic mass is 9.94. The molecule has 1 fully saturated rings. The normalized spacial score (nSPS) is 16.9. The molecule has 0 saturated heterocycles. The summed E-state index contributed by atoms with van der Waals surface area (Å²) in [5, 5.41) is 0.309. The Morgan fingerprint density at radius 2 is 1.98 bits per heavy atom. The van der Waals surface area contributed by atoms with E-state index in [0.717, 1.165) is 41.8 Å². The Kier molecular flexibility index (Phi) is 7.64. The van der Waals surface area contributed by atoms with Crippen molar-refractivity contribution in [2.45, 2.75) is 44.1 Å². The van der Waals surface area contributed by atoms with Gasteiger partial charge in [-0.3, -0.25) is 19.5 Å². The number of imidazole rings is 1. The SMILES string of the molecule is COC[C@@H](n1cnc2c(-c3ccc4c(c3)OC(F)(F)C(=O)N4Cc3ccc(Cl)cn3)c(C(N)=O)c(CC3CC3)nc21)C(F)(F)F. The van der Waals surface area contributed by atoms with Crippen molar-refractivity contribution < 1.29 is 41.0 Å². The summed E-state index contributed by atoms with van der Waals surface area (Å²) in [4.78, 5) is 39.1. The second kappa shape index (κ2) is 11.2. The van der Waals surface area contributed by atoms with Gasteiger partial charge in [-0.25, -0.2) is 9.97 Å². The third-order valence-corrected chi connectivity index (χ3v) is 7.85. The Labute approximate surface area is 256 Å². The summed E-state index contributed by atoms with van der Waals surface area (Å²) in [7, 11) is 1.13. The van der Waals surface area contributed by atoms with Gasteiger partial charge in [0.2, 0.25) is 0 Å². The molecule has 6 rings (SSSR count). The molecule has 0 bridgehead atoms. The molecule has 10 nitrogen and oxygen atoms in total. The van der Waals surface area contributed by atoms with Crippen molar-refractivity contribution in [3.63, 3.8) is 0 Å². The van der Waals surface area contributed by atoms with Crippen molar-refractivity contribution in [3.05, 3.63) is 64.8 Å². The Bertz CT molecular complexity index is 1810. The molecule has 1 atom stereocenters. The van der Waals surface area contributed by atoms with E-state index >= 15 is 0 Å². The smallest absolute Gasteiger partial charge is 0.423 e. The maximum atomic E-state index is 14.9. The molecule has 45 heavy (non-hydrogen) atoms. The number of pyridine rings is 2. The molecular weight excluding hydrogens is 627 g/mol. The molecule has 16 heteroatoms. The monoisotopic (exact) mass is 650 g/mol. The molecule has 236 valence electrons. The summed E-state index contributed by atoms with van der Waals surface area (Å²) < 4.78 is 82.6. The van der Waals surface area contributed by atoms with Crippen molar-refractivity contribution in [3.8, 4) is 16.9 Å². The highest BCUT2D eigenvalue weighted by molar-refractivity contribution is 6.30. The number of alkyl halides is 5. The number of aromatic nitrogens is 4. The van der Waals surface area contributed by atoms with E-state index in [1.54, 1.807) is 0 Å². The van der Waals surface area contributed by atoms with Crippen LogP contribution in [-0.4, -0.2) is 57.3 Å². The standard InChI is InChI=1S/C29H24ClF5N6O4/c1-44-12-21(28(31,32)33)41-13-38-24-22(23(25(36)42)18(39-26(24)41)8-14-2-3-14)15-4-7-19-20(9-15)45-29(34,35)27(43)40(19)11-17-6-5-16(30)10-37-17/h4-7,9-10,13-14,21H,2-3,8,11-12H2,1H3,(H2,36,42)/t21-/m1/s1. The molecule has 1 saturated carbocycles. The van der Waals surface area contributed by atoms with Crippen LogP contribution in [0, 0.1) is 5.92 Å². The first-order chi connectivity index (χ1) is 21.3. The van der Waals surface area contributed by atoms with E-state index in [1.807, 2.05) is 0 Å². The lowest BCUT2D eigenvalue weighted by Gasteiger charge is -2.33. The zero-order valence-electron chi connectivity index (χ0n) is 23.4. The van der Waals surface area contributed by atoms with Gasteiger partial charge < -0.3 is 19.8 Å². The Balaban J connectivity index is 1.54. The predicted octanol–water partition coefficient (Wildman–Crippen LogP) is 5.47. The van der Waals surface area contributed by atoms with Gasteiger partial charge >= 0.3 is 18.2 Å². The van der Waals surface area contributed by atoms with Crippen molar-refractivity contribution in [1.29, 1.82) is 0 Å². The van der Waals surface area contributed by atoms with Crippen LogP contribution in [0.5, 0.6) is 5.75 Å². The summed E-state index contributed by atoms with van der Waals surface area (Å²) in [5.74, 6) is -2.85. The largest absolute Gasteiger partial charge is 0.482 e. The van der Waals surface area contributed by atoms with Gasteiger partial charge in [0.1, 0.15) is 5.52 Å². The number of fused-ring (bicyclic) bond motifs is 2. The van der Waals surface area contributed by atoms with Crippen LogP contribution in [0.4, 0.5) is 27.6 Å². The highest BCUT2D eigenvalue weighted by Crippen LogP contribution is 2.45. The van der Waals surface area contributed by atoms with Crippen molar-refractivity contribution in [2.24, 2.45) is 11.7 Å². The molecule has 0 radical (unpaired) electrons. The summed E-state index contributed by atoms with van der Waals surface area (Å²) in [6.45, 7) is -1.09. The number of nitrogens with two attached hydrogens (primary N) is 1. The highest BCUT2D eigenvalue weighted by atomic mass is 35.5. The lowest BCUT2D eigenvalue weighted by Crippen LogP contribution is -2.50. The second-order valence-corrected chi connectivity index (χ2v) is 11.3. The van der Waals surface area contributed by atoms with E-state index in [1.165, 1.54) is 30.5 Å². The zero-order valence-corrected chi connectivity index (χ0v) is 24.2. The topological polar surface area (TPSA) is 125 Å². The number of rotatable bonds is 9. The summed E-state index contributed by atoms with van der Waals surface area (Å²) in [6.07, 6.45) is -4.86. The number of anilines is 1. The van der Waals surface area contributed by atoms with Gasteiger partial charge in [0.25, 0.3) is 5.91 Å². The number of benzene rings is 1. The third kappa shape index (κ3) is 5.77. The number of carbonyl (C=O) groups excluding carboxylic acids is 2. The number of primary amides is 1. The molecule has 4 heterocycles. The quantitative estimate of drug-likeness (QED) is 0.238. The zero-order chi connectivity index (χ0) is 32.3. The van der Waals surface area contributed by atoms with Crippen molar-refractivity contribution in [1.82, 2.24) is 19.5 Å². The molecule has 4 aromatic rings. The Morgan fingerprint density at radius 1 is 1.22 bits per heavy atom. The van der Waals surface area contributed by atoms with Gasteiger partial charge in [-0.05, 0) is 55.0 Å². The molecule has 2 amide bonds. The highest BCUT2D eigenvalue weighted by Gasteiger charge is 2.51. The van der Waals surface area contributed by atoms with Gasteiger partial charge in [0.05, 0.1) is 47.1 Å². The van der Waals surface area contributed by atoms with Crippen molar-refractivity contribution in [2.75, 3.05) is 18.6 Å². The van der Waals surface area contributed by atoms with Crippen LogP contribution in [-0.2, 0) is 22.5 Å². The average molecular weight is 651 g/mol.